The highest BCUT2D eigenvalue weighted by Gasteiger charge is 2.18. The lowest BCUT2D eigenvalue weighted by Crippen LogP contribution is -2.31. The van der Waals surface area contributed by atoms with E-state index in [1.54, 1.807) is 12.1 Å². The second-order valence-corrected chi connectivity index (χ2v) is 8.59. The van der Waals surface area contributed by atoms with Crippen molar-refractivity contribution in [3.8, 4) is 0 Å². The lowest BCUT2D eigenvalue weighted by Gasteiger charge is -2.22. The number of amides is 1. The van der Waals surface area contributed by atoms with Crippen molar-refractivity contribution in [1.82, 2.24) is 5.32 Å². The Morgan fingerprint density at radius 2 is 2.11 bits per heavy atom. The van der Waals surface area contributed by atoms with Gasteiger partial charge < -0.3 is 5.32 Å². The zero-order valence-corrected chi connectivity index (χ0v) is 15.8. The quantitative estimate of drug-likeness (QED) is 0.506. The van der Waals surface area contributed by atoms with Gasteiger partial charge in [-0.05, 0) is 52.6 Å². The van der Waals surface area contributed by atoms with E-state index in [2.05, 4.69) is 64.6 Å². The normalized spacial score (nSPS) is 13.2. The maximum absolute atomic E-state index is 12.1. The molecule has 0 radical (unpaired) electrons. The minimum Gasteiger partial charge on any atom is -0.351 e. The van der Waals surface area contributed by atoms with Gasteiger partial charge in [-0.15, -0.1) is 0 Å². The van der Waals surface area contributed by atoms with E-state index < -0.39 is 0 Å². The first-order chi connectivity index (χ1) is 8.69. The van der Waals surface area contributed by atoms with Crippen LogP contribution >= 0.6 is 50.1 Å². The van der Waals surface area contributed by atoms with Gasteiger partial charge in [-0.3, -0.25) is 4.79 Å². The van der Waals surface area contributed by atoms with Gasteiger partial charge in [0, 0.05) is 20.0 Å². The zero-order chi connectivity index (χ0) is 14.6. The molecule has 0 heterocycles. The molecule has 1 amide bonds. The van der Waals surface area contributed by atoms with E-state index in [1.165, 1.54) is 0 Å². The van der Waals surface area contributed by atoms with Gasteiger partial charge in [-0.1, -0.05) is 48.3 Å². The van der Waals surface area contributed by atoms with Crippen LogP contribution in [0.5, 0.6) is 0 Å². The average Bonchev–Trinajstić information content (AvgIpc) is 2.27. The van der Waals surface area contributed by atoms with Gasteiger partial charge in [-0.25, -0.2) is 0 Å². The topological polar surface area (TPSA) is 29.1 Å². The summed E-state index contributed by atoms with van der Waals surface area (Å²) in [7, 11) is 0. The van der Waals surface area contributed by atoms with E-state index in [0.29, 0.717) is 17.1 Å². The summed E-state index contributed by atoms with van der Waals surface area (Å²) >= 11 is 11.7. The van der Waals surface area contributed by atoms with Crippen molar-refractivity contribution >= 4 is 56.0 Å². The van der Waals surface area contributed by atoms with Gasteiger partial charge in [0.25, 0.3) is 5.91 Å². The fraction of sp³-hybridized carbons (Fsp3) is 0.500. The smallest absolute Gasteiger partial charge is 0.252 e. The van der Waals surface area contributed by atoms with Crippen LogP contribution in [0.15, 0.2) is 18.2 Å². The molecule has 0 bridgehead atoms. The molecule has 0 aliphatic carbocycles. The lowest BCUT2D eigenvalue weighted by atomic mass is 9.90. The third-order valence-corrected chi connectivity index (χ3v) is 4.31. The van der Waals surface area contributed by atoms with Crippen molar-refractivity contribution in [3.63, 3.8) is 0 Å². The number of hydrogen-bond donors (Lipinski definition) is 1. The highest BCUT2D eigenvalue weighted by Crippen LogP contribution is 2.24. The second kappa shape index (κ2) is 7.27. The highest BCUT2D eigenvalue weighted by molar-refractivity contribution is 14.1. The minimum atomic E-state index is -0.0785. The summed E-state index contributed by atoms with van der Waals surface area (Å²) in [5, 5.41) is 3.52. The lowest BCUT2D eigenvalue weighted by molar-refractivity contribution is 0.0951. The van der Waals surface area contributed by atoms with Gasteiger partial charge in [0.2, 0.25) is 0 Å². The van der Waals surface area contributed by atoms with Crippen LogP contribution in [0.2, 0.25) is 5.02 Å². The van der Waals surface area contributed by atoms with Crippen molar-refractivity contribution in [3.05, 3.63) is 32.4 Å². The van der Waals surface area contributed by atoms with Crippen molar-refractivity contribution in [2.75, 3.05) is 6.54 Å². The van der Waals surface area contributed by atoms with E-state index in [4.69, 9.17) is 11.6 Å². The first kappa shape index (κ1) is 17.2. The van der Waals surface area contributed by atoms with Crippen molar-refractivity contribution in [2.45, 2.75) is 32.0 Å². The van der Waals surface area contributed by atoms with Crippen molar-refractivity contribution in [2.24, 2.45) is 5.41 Å². The number of benzene rings is 1. The van der Waals surface area contributed by atoms with Crippen LogP contribution in [0.4, 0.5) is 0 Å². The summed E-state index contributed by atoms with van der Waals surface area (Å²) in [5.41, 5.74) is 0.868. The Labute approximate surface area is 141 Å². The molecular weight excluding hydrogens is 440 g/mol. The van der Waals surface area contributed by atoms with Crippen LogP contribution in [-0.4, -0.2) is 17.3 Å². The summed E-state index contributed by atoms with van der Waals surface area (Å²) in [4.78, 5) is 12.4. The maximum Gasteiger partial charge on any atom is 0.252 e. The first-order valence-corrected chi connectivity index (χ1v) is 8.43. The maximum atomic E-state index is 12.1. The average molecular weight is 459 g/mol. The Hall–Kier alpha value is 0.190. The number of carbonyl (C=O) groups excluding carboxylic acids is 1. The Kier molecular flexibility index (Phi) is 6.60. The molecule has 1 unspecified atom stereocenters. The molecule has 19 heavy (non-hydrogen) atoms. The van der Waals surface area contributed by atoms with Gasteiger partial charge in [-0.2, -0.15) is 0 Å². The third kappa shape index (κ3) is 6.45. The monoisotopic (exact) mass is 457 g/mol. The van der Waals surface area contributed by atoms with Crippen LogP contribution in [0.25, 0.3) is 0 Å². The van der Waals surface area contributed by atoms with Crippen LogP contribution in [0.1, 0.15) is 37.6 Å². The molecule has 106 valence electrons. The number of hydrogen-bond acceptors (Lipinski definition) is 1. The Morgan fingerprint density at radius 1 is 1.47 bits per heavy atom. The molecule has 1 aromatic rings. The van der Waals surface area contributed by atoms with E-state index in [1.807, 2.05) is 6.07 Å². The van der Waals surface area contributed by atoms with E-state index in [0.717, 1.165) is 9.99 Å². The fourth-order valence-electron chi connectivity index (χ4n) is 1.71. The molecule has 0 fully saturated rings. The molecule has 1 atom stereocenters. The summed E-state index contributed by atoms with van der Waals surface area (Å²) in [6.45, 7) is 7.16. The molecule has 1 N–H and O–H groups in total. The first-order valence-electron chi connectivity index (χ1n) is 6.06. The largest absolute Gasteiger partial charge is 0.351 e. The SMILES string of the molecule is CC(C)(C)CC(Br)CNC(=O)c1cc(Cl)ccc1I. The van der Waals surface area contributed by atoms with Crippen LogP contribution in [0.3, 0.4) is 0 Å². The standard InChI is InChI=1S/C14H18BrClINO/c1-14(2,3)7-9(15)8-18-13(19)11-6-10(16)4-5-12(11)17/h4-6,9H,7-8H2,1-3H3,(H,18,19). The molecule has 0 aliphatic heterocycles. The van der Waals surface area contributed by atoms with Crippen molar-refractivity contribution in [1.29, 1.82) is 0 Å². The molecule has 5 heteroatoms. The zero-order valence-electron chi connectivity index (χ0n) is 11.3. The molecular formula is C14H18BrClINO. The molecule has 1 aromatic carbocycles. The minimum absolute atomic E-state index is 0.0785. The molecule has 0 saturated carbocycles. The van der Waals surface area contributed by atoms with Crippen LogP contribution in [-0.2, 0) is 0 Å². The van der Waals surface area contributed by atoms with Gasteiger partial charge in [0.1, 0.15) is 0 Å². The predicted octanol–water partition coefficient (Wildman–Crippen LogP) is 4.87. The molecule has 0 spiro atoms. The Balaban J connectivity index is 2.58. The molecule has 1 rings (SSSR count). The number of rotatable bonds is 4. The summed E-state index contributed by atoms with van der Waals surface area (Å²) in [6.07, 6.45) is 1.000. The van der Waals surface area contributed by atoms with E-state index in [9.17, 15) is 4.79 Å². The number of halogens is 3. The number of nitrogens with one attached hydrogen (secondary N) is 1. The molecule has 2 nitrogen and oxygen atoms in total. The summed E-state index contributed by atoms with van der Waals surface area (Å²) < 4.78 is 0.904. The number of carbonyl (C=O) groups is 1. The van der Waals surface area contributed by atoms with Crippen molar-refractivity contribution < 1.29 is 4.79 Å². The second-order valence-electron chi connectivity index (χ2n) is 5.70. The van der Waals surface area contributed by atoms with E-state index in [-0.39, 0.29) is 16.1 Å². The third-order valence-electron chi connectivity index (χ3n) is 2.49. The molecule has 0 saturated heterocycles. The van der Waals surface area contributed by atoms with Gasteiger partial charge in [0.05, 0.1) is 5.56 Å². The number of alkyl halides is 1. The molecule has 0 aromatic heterocycles. The van der Waals surface area contributed by atoms with Gasteiger partial charge in [0.15, 0.2) is 0 Å². The Bertz CT molecular complexity index is 459. The molecule has 0 aliphatic rings. The summed E-state index contributed by atoms with van der Waals surface area (Å²) in [6, 6.07) is 5.33. The highest BCUT2D eigenvalue weighted by atomic mass is 127. The predicted molar refractivity (Wildman–Crippen MR) is 93.3 cm³/mol. The summed E-state index contributed by atoms with van der Waals surface area (Å²) in [5.74, 6) is -0.0785. The Morgan fingerprint density at radius 3 is 2.68 bits per heavy atom. The van der Waals surface area contributed by atoms with Crippen LogP contribution in [0, 0.1) is 8.99 Å². The fourth-order valence-corrected chi connectivity index (χ4v) is 3.59. The van der Waals surface area contributed by atoms with Crippen LogP contribution < -0.4 is 5.32 Å². The van der Waals surface area contributed by atoms with Gasteiger partial charge >= 0.3 is 0 Å². The van der Waals surface area contributed by atoms with E-state index >= 15 is 0 Å².